The van der Waals surface area contributed by atoms with E-state index in [4.69, 9.17) is 11.6 Å². The van der Waals surface area contributed by atoms with Crippen LogP contribution in [0.1, 0.15) is 10.4 Å². The molecule has 0 aromatic heterocycles. The Hall–Kier alpha value is -2.95. The van der Waals surface area contributed by atoms with Gasteiger partial charge in [0.2, 0.25) is 0 Å². The molecule has 8 nitrogen and oxygen atoms in total. The van der Waals surface area contributed by atoms with Crippen LogP contribution in [0.3, 0.4) is 0 Å². The third-order valence-corrected chi connectivity index (χ3v) is 6.17. The summed E-state index contributed by atoms with van der Waals surface area (Å²) < 4.78 is 28.3. The highest BCUT2D eigenvalue weighted by Gasteiger charge is 2.17. The normalized spacial score (nSPS) is 11.0. The molecule has 3 aromatic rings. The minimum Gasteiger partial charge on any atom is -0.322 e. The second-order valence-electron chi connectivity index (χ2n) is 6.01. The van der Waals surface area contributed by atoms with Crippen LogP contribution < -0.4 is 10.0 Å². The quantitative estimate of drug-likeness (QED) is 0.355. The minimum absolute atomic E-state index is 0.00514. The number of rotatable bonds is 6. The zero-order valence-electron chi connectivity index (χ0n) is 15.0. The summed E-state index contributed by atoms with van der Waals surface area (Å²) >= 11 is 9.02. The van der Waals surface area contributed by atoms with Crippen molar-refractivity contribution < 1.29 is 18.1 Å². The molecular formula is C19H13BrClN3O5S. The molecule has 0 bridgehead atoms. The summed E-state index contributed by atoms with van der Waals surface area (Å²) in [5.74, 6) is -0.599. The van der Waals surface area contributed by atoms with Gasteiger partial charge in [0.15, 0.2) is 0 Å². The molecule has 1 amide bonds. The smallest absolute Gasteiger partial charge is 0.288 e. The number of nitro benzene ring substituents is 1. The molecular weight excluding hydrogens is 498 g/mol. The van der Waals surface area contributed by atoms with Gasteiger partial charge in [-0.25, -0.2) is 8.42 Å². The van der Waals surface area contributed by atoms with E-state index in [1.54, 1.807) is 24.3 Å². The van der Waals surface area contributed by atoms with Gasteiger partial charge >= 0.3 is 0 Å². The molecule has 0 heterocycles. The highest BCUT2D eigenvalue weighted by atomic mass is 79.9. The van der Waals surface area contributed by atoms with E-state index in [-0.39, 0.29) is 21.2 Å². The van der Waals surface area contributed by atoms with Gasteiger partial charge in [-0.2, -0.15) is 0 Å². The summed E-state index contributed by atoms with van der Waals surface area (Å²) in [6.07, 6.45) is 0. The molecule has 30 heavy (non-hydrogen) atoms. The van der Waals surface area contributed by atoms with Gasteiger partial charge < -0.3 is 5.32 Å². The van der Waals surface area contributed by atoms with Crippen molar-refractivity contribution in [3.63, 3.8) is 0 Å². The van der Waals surface area contributed by atoms with Crippen molar-refractivity contribution >= 4 is 60.5 Å². The van der Waals surface area contributed by atoms with Crippen LogP contribution in [-0.2, 0) is 10.0 Å². The van der Waals surface area contributed by atoms with Gasteiger partial charge in [0, 0.05) is 27.5 Å². The van der Waals surface area contributed by atoms with Gasteiger partial charge in [-0.05, 0) is 60.7 Å². The maximum absolute atomic E-state index is 12.5. The molecule has 2 N–H and O–H groups in total. The first kappa shape index (κ1) is 21.8. The lowest BCUT2D eigenvalue weighted by molar-refractivity contribution is -0.384. The van der Waals surface area contributed by atoms with Crippen molar-refractivity contribution in [1.82, 2.24) is 0 Å². The summed E-state index contributed by atoms with van der Waals surface area (Å²) in [6, 6.07) is 15.8. The lowest BCUT2D eigenvalue weighted by Gasteiger charge is -2.10. The van der Waals surface area contributed by atoms with Gasteiger partial charge in [-0.3, -0.25) is 19.6 Å². The SMILES string of the molecule is O=C(Nc1ccc(S(=O)(=O)Nc2ccc(Br)cc2)cc1)c1ccc(Cl)c([N+](=O)[O-])c1. The monoisotopic (exact) mass is 509 g/mol. The molecule has 0 radical (unpaired) electrons. The third kappa shape index (κ3) is 5.15. The van der Waals surface area contributed by atoms with E-state index >= 15 is 0 Å². The van der Waals surface area contributed by atoms with E-state index in [1.165, 1.54) is 36.4 Å². The van der Waals surface area contributed by atoms with Crippen LogP contribution in [0.15, 0.2) is 76.1 Å². The number of nitro groups is 1. The van der Waals surface area contributed by atoms with Gasteiger partial charge in [0.05, 0.1) is 9.82 Å². The van der Waals surface area contributed by atoms with Crippen LogP contribution in [0, 0.1) is 10.1 Å². The summed E-state index contributed by atoms with van der Waals surface area (Å²) in [5.41, 5.74) is 0.379. The van der Waals surface area contributed by atoms with Crippen molar-refractivity contribution in [1.29, 1.82) is 0 Å². The molecule has 0 aliphatic carbocycles. The average molecular weight is 511 g/mol. The van der Waals surface area contributed by atoms with Crippen LogP contribution in [-0.4, -0.2) is 19.2 Å². The predicted octanol–water partition coefficient (Wildman–Crippen LogP) is 5.06. The minimum atomic E-state index is -3.81. The number of amides is 1. The maximum Gasteiger partial charge on any atom is 0.288 e. The van der Waals surface area contributed by atoms with Crippen molar-refractivity contribution in [2.75, 3.05) is 10.0 Å². The Labute approximate surface area is 185 Å². The standard InChI is InChI=1S/C19H13BrClN3O5S/c20-13-2-4-15(5-3-13)23-30(28,29)16-8-6-14(7-9-16)22-19(25)12-1-10-17(21)18(11-12)24(26)27/h1-11,23H,(H,22,25). The number of anilines is 2. The van der Waals surface area contributed by atoms with E-state index in [0.29, 0.717) is 11.4 Å². The largest absolute Gasteiger partial charge is 0.322 e. The molecule has 0 saturated carbocycles. The molecule has 3 aromatic carbocycles. The molecule has 0 saturated heterocycles. The van der Waals surface area contributed by atoms with E-state index in [0.717, 1.165) is 10.5 Å². The van der Waals surface area contributed by atoms with Gasteiger partial charge in [0.25, 0.3) is 21.6 Å². The van der Waals surface area contributed by atoms with Gasteiger partial charge in [-0.15, -0.1) is 0 Å². The number of hydrogen-bond donors (Lipinski definition) is 2. The number of benzene rings is 3. The first-order chi connectivity index (χ1) is 14.2. The van der Waals surface area contributed by atoms with E-state index in [1.807, 2.05) is 0 Å². The van der Waals surface area contributed by atoms with Crippen LogP contribution in [0.4, 0.5) is 17.1 Å². The number of halogens is 2. The number of nitrogens with one attached hydrogen (secondary N) is 2. The molecule has 154 valence electrons. The Balaban J connectivity index is 1.74. The summed E-state index contributed by atoms with van der Waals surface area (Å²) in [4.78, 5) is 22.6. The van der Waals surface area contributed by atoms with E-state index in [2.05, 4.69) is 26.0 Å². The van der Waals surface area contributed by atoms with Crippen molar-refractivity contribution in [3.05, 3.63) is 91.9 Å². The first-order valence-electron chi connectivity index (χ1n) is 8.29. The van der Waals surface area contributed by atoms with E-state index in [9.17, 15) is 23.3 Å². The Kier molecular flexibility index (Phi) is 6.40. The van der Waals surface area contributed by atoms with Crippen molar-refractivity contribution in [2.45, 2.75) is 4.90 Å². The Morgan fingerprint density at radius 1 is 0.967 bits per heavy atom. The molecule has 0 unspecified atom stereocenters. The Morgan fingerprint density at radius 3 is 2.17 bits per heavy atom. The number of sulfonamides is 1. The Morgan fingerprint density at radius 2 is 1.57 bits per heavy atom. The lowest BCUT2D eigenvalue weighted by Crippen LogP contribution is -2.14. The van der Waals surface area contributed by atoms with Gasteiger partial charge in [-0.1, -0.05) is 27.5 Å². The molecule has 0 aliphatic heterocycles. The predicted molar refractivity (Wildman–Crippen MR) is 117 cm³/mol. The highest BCUT2D eigenvalue weighted by Crippen LogP contribution is 2.26. The molecule has 0 atom stereocenters. The number of hydrogen-bond acceptors (Lipinski definition) is 5. The fourth-order valence-corrected chi connectivity index (χ4v) is 3.96. The first-order valence-corrected chi connectivity index (χ1v) is 10.9. The number of carbonyl (C=O) groups excluding carboxylic acids is 1. The second kappa shape index (κ2) is 8.82. The average Bonchev–Trinajstić information content (AvgIpc) is 2.70. The lowest BCUT2D eigenvalue weighted by atomic mass is 10.2. The maximum atomic E-state index is 12.5. The number of carbonyl (C=O) groups is 1. The molecule has 11 heteroatoms. The summed E-state index contributed by atoms with van der Waals surface area (Å²) in [7, 11) is -3.81. The second-order valence-corrected chi connectivity index (χ2v) is 9.02. The van der Waals surface area contributed by atoms with Crippen LogP contribution in [0.5, 0.6) is 0 Å². The molecule has 0 spiro atoms. The van der Waals surface area contributed by atoms with Crippen molar-refractivity contribution in [3.8, 4) is 0 Å². The third-order valence-electron chi connectivity index (χ3n) is 3.92. The van der Waals surface area contributed by atoms with Crippen LogP contribution >= 0.6 is 27.5 Å². The molecule has 0 aliphatic rings. The summed E-state index contributed by atoms with van der Waals surface area (Å²) in [6.45, 7) is 0. The summed E-state index contributed by atoms with van der Waals surface area (Å²) in [5, 5.41) is 13.4. The van der Waals surface area contributed by atoms with Gasteiger partial charge in [0.1, 0.15) is 5.02 Å². The zero-order chi connectivity index (χ0) is 21.9. The Bertz CT molecular complexity index is 1220. The highest BCUT2D eigenvalue weighted by molar-refractivity contribution is 9.10. The fraction of sp³-hybridized carbons (Fsp3) is 0. The van der Waals surface area contributed by atoms with Crippen LogP contribution in [0.2, 0.25) is 5.02 Å². The topological polar surface area (TPSA) is 118 Å². The zero-order valence-corrected chi connectivity index (χ0v) is 18.2. The molecule has 3 rings (SSSR count). The number of nitrogens with zero attached hydrogens (tertiary/aromatic N) is 1. The fourth-order valence-electron chi connectivity index (χ4n) is 2.45. The van der Waals surface area contributed by atoms with Crippen molar-refractivity contribution in [2.24, 2.45) is 0 Å². The van der Waals surface area contributed by atoms with Crippen LogP contribution in [0.25, 0.3) is 0 Å². The molecule has 0 fully saturated rings. The van der Waals surface area contributed by atoms with E-state index < -0.39 is 20.9 Å².